The van der Waals surface area contributed by atoms with Crippen LogP contribution in [0.2, 0.25) is 0 Å². The average molecular weight is 589 g/mol. The maximum atomic E-state index is 10.8. The van der Waals surface area contributed by atoms with Gasteiger partial charge in [-0.15, -0.1) is 0 Å². The van der Waals surface area contributed by atoms with E-state index in [1.165, 1.54) is 96.8 Å². The largest absolute Gasteiger partial charge is 0.463 e. The third-order valence-corrected chi connectivity index (χ3v) is 8.80. The Morgan fingerprint density at radius 3 is 1.41 bits per heavy atom. The fraction of sp³-hybridized carbons (Fsp3) is 0.973. The van der Waals surface area contributed by atoms with E-state index in [1.807, 2.05) is 0 Å². The first kappa shape index (κ1) is 44.8. The topological polar surface area (TPSA) is 59.1 Å². The Bertz CT molecular complexity index is 500. The molecule has 2 unspecified atom stereocenters. The van der Waals surface area contributed by atoms with E-state index in [0.717, 1.165) is 31.3 Å². The van der Waals surface area contributed by atoms with Gasteiger partial charge < -0.3 is 14.6 Å². The number of epoxide rings is 1. The lowest BCUT2D eigenvalue weighted by molar-refractivity contribution is -0.154. The molecule has 0 radical (unpaired) electrons. The van der Waals surface area contributed by atoms with Crippen LogP contribution in [0.15, 0.2) is 0 Å². The zero-order chi connectivity index (χ0) is 32.1. The summed E-state index contributed by atoms with van der Waals surface area (Å²) in [5, 5.41) is 8.80. The van der Waals surface area contributed by atoms with Gasteiger partial charge in [0, 0.05) is 1.43 Å². The highest BCUT2D eigenvalue weighted by Gasteiger charge is 2.19. The van der Waals surface area contributed by atoms with Crippen molar-refractivity contribution in [3.63, 3.8) is 0 Å². The predicted molar refractivity (Wildman–Crippen MR) is 184 cm³/mol. The van der Waals surface area contributed by atoms with Gasteiger partial charge in [-0.2, -0.15) is 0 Å². The standard InChI is InChI=1S/C12H24.C9H18O3.C7H16.C5H12.C4H8O.H2/c1-3-5-11-7-9-12(6-4-2)10-8-11;1-4-8(5-2)6-12-9(11)7(3)10;1-5-7(3,4)6-2;1-3-5-4-2;1-2-4-3-5-4;/h11-12H,3-10H2,1-2H3;7-8,10H,4-6H2,1-3H3;5-6H2,1-4H3;3-5H2,1-2H3;4H,2-3H2,1H3;1H. The molecule has 1 N–H and O–H groups in total. The summed E-state index contributed by atoms with van der Waals surface area (Å²) in [6.45, 7) is 27.2. The molecule has 0 spiro atoms. The zero-order valence-corrected chi connectivity index (χ0v) is 30.3. The molecule has 0 bridgehead atoms. The van der Waals surface area contributed by atoms with Gasteiger partial charge in [0.05, 0.1) is 19.3 Å². The van der Waals surface area contributed by atoms with Gasteiger partial charge in [0.2, 0.25) is 0 Å². The second kappa shape index (κ2) is 30.8. The minimum atomic E-state index is -1.00. The van der Waals surface area contributed by atoms with Crippen LogP contribution in [0.5, 0.6) is 0 Å². The van der Waals surface area contributed by atoms with Crippen LogP contribution >= 0.6 is 0 Å². The van der Waals surface area contributed by atoms with Crippen molar-refractivity contribution in [2.45, 2.75) is 198 Å². The summed E-state index contributed by atoms with van der Waals surface area (Å²) < 4.78 is 9.72. The number of ether oxygens (including phenoxy) is 2. The number of esters is 1. The lowest BCUT2D eigenvalue weighted by Gasteiger charge is -2.27. The molecule has 1 aliphatic carbocycles. The van der Waals surface area contributed by atoms with Crippen molar-refractivity contribution in [2.75, 3.05) is 13.2 Å². The van der Waals surface area contributed by atoms with E-state index in [1.54, 1.807) is 0 Å². The molecule has 1 heterocycles. The maximum absolute atomic E-state index is 10.8. The molecule has 2 fully saturated rings. The quantitative estimate of drug-likeness (QED) is 0.162. The normalized spacial score (nSPS) is 20.0. The Morgan fingerprint density at radius 2 is 1.24 bits per heavy atom. The molecule has 252 valence electrons. The Hall–Kier alpha value is -0.610. The predicted octanol–water partition coefficient (Wildman–Crippen LogP) is 11.8. The van der Waals surface area contributed by atoms with E-state index in [4.69, 9.17) is 14.6 Å². The smallest absolute Gasteiger partial charge is 0.334 e. The molecule has 0 amide bonds. The Kier molecular flexibility index (Phi) is 33.7. The van der Waals surface area contributed by atoms with Crippen molar-refractivity contribution in [3.05, 3.63) is 0 Å². The van der Waals surface area contributed by atoms with Crippen molar-refractivity contribution in [2.24, 2.45) is 23.2 Å². The molecule has 4 nitrogen and oxygen atoms in total. The highest BCUT2D eigenvalue weighted by atomic mass is 16.6. The van der Waals surface area contributed by atoms with Crippen LogP contribution in [0.4, 0.5) is 0 Å². The van der Waals surface area contributed by atoms with Gasteiger partial charge in [-0.25, -0.2) is 4.79 Å². The fourth-order valence-electron chi connectivity index (χ4n) is 4.38. The SMILES string of the molecule is CCC(C)(C)CC.CCC(CC)COC(=O)C(C)O.CCC1CO1.CCCC1CCC(CCC)CC1.CCCCC.[HH]. The number of hydrogen-bond acceptors (Lipinski definition) is 4. The number of aliphatic hydroxyl groups excluding tert-OH is 1. The van der Waals surface area contributed by atoms with Crippen molar-refractivity contribution >= 4 is 5.97 Å². The Balaban J connectivity index is -0.000000224. The lowest BCUT2D eigenvalue weighted by Crippen LogP contribution is -2.22. The molecule has 1 saturated carbocycles. The van der Waals surface area contributed by atoms with Gasteiger partial charge in [0.1, 0.15) is 6.10 Å². The molecule has 2 atom stereocenters. The third kappa shape index (κ3) is 32.1. The number of unbranched alkanes of at least 4 members (excludes halogenated alkanes) is 2. The summed E-state index contributed by atoms with van der Waals surface area (Å²) in [5.41, 5.74) is 0.583. The molecule has 0 aromatic heterocycles. The van der Waals surface area contributed by atoms with Gasteiger partial charge in [0.25, 0.3) is 0 Å². The summed E-state index contributed by atoms with van der Waals surface area (Å²) in [6.07, 6.45) is 21.4. The van der Waals surface area contributed by atoms with Gasteiger partial charge in [-0.05, 0) is 36.5 Å². The third-order valence-electron chi connectivity index (χ3n) is 8.80. The Morgan fingerprint density at radius 1 is 0.829 bits per heavy atom. The summed E-state index contributed by atoms with van der Waals surface area (Å²) >= 11 is 0. The monoisotopic (exact) mass is 589 g/mol. The van der Waals surface area contributed by atoms with E-state index < -0.39 is 12.1 Å². The zero-order valence-electron chi connectivity index (χ0n) is 30.3. The lowest BCUT2D eigenvalue weighted by atomic mass is 9.78. The molecule has 2 aliphatic rings. The van der Waals surface area contributed by atoms with Crippen molar-refractivity contribution in [1.29, 1.82) is 0 Å². The first-order chi connectivity index (χ1) is 19.4. The average Bonchev–Trinajstić information content (AvgIpc) is 3.82. The molecule has 1 aliphatic heterocycles. The molecular formula is C37H80O4. The van der Waals surface area contributed by atoms with Crippen LogP contribution in [0.25, 0.3) is 0 Å². The molecule has 41 heavy (non-hydrogen) atoms. The van der Waals surface area contributed by atoms with Gasteiger partial charge in [0.15, 0.2) is 0 Å². The fourth-order valence-corrected chi connectivity index (χ4v) is 4.38. The number of carbonyl (C=O) groups is 1. The van der Waals surface area contributed by atoms with E-state index in [0.29, 0.717) is 24.0 Å². The molecule has 4 heteroatoms. The molecule has 1 saturated heterocycles. The minimum Gasteiger partial charge on any atom is -0.463 e. The van der Waals surface area contributed by atoms with Crippen LogP contribution < -0.4 is 0 Å². The first-order valence-corrected chi connectivity index (χ1v) is 17.9. The van der Waals surface area contributed by atoms with Gasteiger partial charge in [-0.1, -0.05) is 172 Å². The summed E-state index contributed by atoms with van der Waals surface area (Å²) in [4.78, 5) is 10.8. The summed E-state index contributed by atoms with van der Waals surface area (Å²) in [5.74, 6) is 2.07. The Labute approximate surface area is 261 Å². The highest BCUT2D eigenvalue weighted by Crippen LogP contribution is 2.33. The van der Waals surface area contributed by atoms with Crippen LogP contribution in [0.3, 0.4) is 0 Å². The van der Waals surface area contributed by atoms with Crippen molar-refractivity contribution < 1.29 is 20.8 Å². The number of hydrogen-bond donors (Lipinski definition) is 1. The van der Waals surface area contributed by atoms with E-state index in [9.17, 15) is 4.79 Å². The number of aliphatic hydroxyl groups is 1. The van der Waals surface area contributed by atoms with E-state index in [2.05, 4.69) is 76.2 Å². The second-order valence-electron chi connectivity index (χ2n) is 13.0. The van der Waals surface area contributed by atoms with Crippen LogP contribution in [0, 0.1) is 23.2 Å². The highest BCUT2D eigenvalue weighted by molar-refractivity contribution is 5.73. The number of rotatable bonds is 14. The maximum Gasteiger partial charge on any atom is 0.334 e. The molecule has 0 aromatic rings. The van der Waals surface area contributed by atoms with Gasteiger partial charge in [-0.3, -0.25) is 0 Å². The second-order valence-corrected chi connectivity index (χ2v) is 13.0. The van der Waals surface area contributed by atoms with Crippen LogP contribution in [-0.2, 0) is 14.3 Å². The van der Waals surface area contributed by atoms with Crippen LogP contribution in [0.1, 0.15) is 187 Å². The van der Waals surface area contributed by atoms with Crippen molar-refractivity contribution in [1.82, 2.24) is 0 Å². The van der Waals surface area contributed by atoms with E-state index >= 15 is 0 Å². The molecule has 2 rings (SSSR count). The molecule has 0 aromatic carbocycles. The van der Waals surface area contributed by atoms with Crippen molar-refractivity contribution in [3.8, 4) is 0 Å². The van der Waals surface area contributed by atoms with Crippen LogP contribution in [-0.4, -0.2) is 36.5 Å². The number of carbonyl (C=O) groups excluding carboxylic acids is 1. The van der Waals surface area contributed by atoms with E-state index in [-0.39, 0.29) is 1.43 Å². The minimum absolute atomic E-state index is 0. The molecular weight excluding hydrogens is 508 g/mol. The first-order valence-electron chi connectivity index (χ1n) is 17.9. The van der Waals surface area contributed by atoms with Gasteiger partial charge >= 0.3 is 5.97 Å². The summed E-state index contributed by atoms with van der Waals surface area (Å²) in [6, 6.07) is 0. The summed E-state index contributed by atoms with van der Waals surface area (Å²) in [7, 11) is 0.